The predicted molar refractivity (Wildman–Crippen MR) is 309 cm³/mol. The number of nitrogens with zero attached hydrogens (tertiary/aromatic N) is 5. The normalized spacial score (nSPS) is 39.8. The van der Waals surface area contributed by atoms with Crippen LogP contribution < -0.4 is 4.90 Å². The first-order chi connectivity index (χ1) is 41.3. The standard InChI is InChI=1S/C61H94FN5O21/c1-29(2)19-44(68)85-50-34(7)49(31(4)27-79-58-53(78-15)52(77-14)46(69)37(10)83-58)87-56(73)36(9)51(86-45-23-61(13,76)55(72)38(11)82-45)33(6)48(30(3)22-60(12,75)54(71)35(50)8)88-57-47(70)43(20-32(5)81-57)64-80-28-40-24-66(65-63-40)25-42-26-67(59(74)84-42)41-18-16-17-39(62)21-41/h16-18,21,24,29-38,42,45-53,55,57-58,69-70,72,75-76H,19-20,22-23,25-28H2,1-15H3/t30-,31-,32+,33+,34-,35+,36+,37+,38-,42+,45-,46+,47+,48-,49+,50+,51-,52+,53+,55-,57-,58+,60-,61+/m0/s1. The molecule has 5 N–H and O–H groups in total. The van der Waals surface area contributed by atoms with E-state index in [0.29, 0.717) is 11.4 Å². The number of anilines is 1. The molecule has 2 aromatic rings. The van der Waals surface area contributed by atoms with Gasteiger partial charge in [-0.2, -0.15) is 0 Å². The fourth-order valence-electron chi connectivity index (χ4n) is 12.8. The molecule has 1 amide bonds. The number of aromatic nitrogens is 3. The second-order valence-electron chi connectivity index (χ2n) is 25.8. The van der Waals surface area contributed by atoms with Crippen molar-refractivity contribution in [3.63, 3.8) is 0 Å². The highest BCUT2D eigenvalue weighted by Gasteiger charge is 2.52. The SMILES string of the molecule is CO[C@@H]1[C@H](O)[C@@H](C)O[C@@H](OC[C@H](C)[C@H]2OC(=O)[C@H](C)[C@@H](O[C@H]3C[C@@](C)(O)[C@@H](O)[C@H](C)O3)[C@H](C)[C@@H](O[C@@H]3O[C@H](C)CC(=NOCc4cn(C[C@@H]5CN(c6cccc(F)c6)C(=O)O5)nn4)[C@H]3O)[C@@H](C)C[C@](C)(O)C(=O)[C@H](C)[C@H](OC(=O)CC(C)C)[C@H]2C)[C@@H]1OC. The van der Waals surface area contributed by atoms with Crippen LogP contribution in [0.15, 0.2) is 35.6 Å². The van der Waals surface area contributed by atoms with Crippen LogP contribution in [0.4, 0.5) is 14.9 Å². The Kier molecular flexibility index (Phi) is 24.1. The Balaban J connectivity index is 1.18. The number of amides is 1. The lowest BCUT2D eigenvalue weighted by Gasteiger charge is -2.46. The maximum atomic E-state index is 15.3. The molecule has 26 nitrogen and oxygen atoms in total. The van der Waals surface area contributed by atoms with Gasteiger partial charge in [0.1, 0.15) is 65.9 Å². The fourth-order valence-corrected chi connectivity index (χ4v) is 12.8. The van der Waals surface area contributed by atoms with Crippen LogP contribution in [0.2, 0.25) is 0 Å². The smallest absolute Gasteiger partial charge is 0.414 e. The Labute approximate surface area is 513 Å². The summed E-state index contributed by atoms with van der Waals surface area (Å²) in [6.07, 6.45) is -16.7. The Morgan fingerprint density at radius 2 is 1.55 bits per heavy atom. The van der Waals surface area contributed by atoms with Crippen LogP contribution >= 0.6 is 0 Å². The van der Waals surface area contributed by atoms with Crippen molar-refractivity contribution in [1.82, 2.24) is 15.0 Å². The van der Waals surface area contributed by atoms with E-state index in [-0.39, 0.29) is 63.6 Å². The van der Waals surface area contributed by atoms with Gasteiger partial charge >= 0.3 is 18.0 Å². The number of rotatable bonds is 19. The minimum Gasteiger partial charge on any atom is -0.461 e. The number of cyclic esters (lactones) is 2. The number of oxime groups is 1. The molecule has 0 aliphatic carbocycles. The summed E-state index contributed by atoms with van der Waals surface area (Å²) in [6, 6.07) is 5.62. The lowest BCUT2D eigenvalue weighted by atomic mass is 9.74. The third-order valence-electron chi connectivity index (χ3n) is 17.6. The van der Waals surface area contributed by atoms with Crippen molar-refractivity contribution in [2.45, 2.75) is 238 Å². The minimum absolute atomic E-state index is 0.0144. The van der Waals surface area contributed by atoms with Gasteiger partial charge in [-0.3, -0.25) is 19.3 Å². The van der Waals surface area contributed by atoms with Crippen molar-refractivity contribution < 1.29 is 106 Å². The van der Waals surface area contributed by atoms with E-state index in [9.17, 15) is 39.5 Å². The first kappa shape index (κ1) is 70.6. The van der Waals surface area contributed by atoms with Gasteiger partial charge in [-0.05, 0) is 78.0 Å². The molecule has 27 heteroatoms. The largest absolute Gasteiger partial charge is 0.461 e. The zero-order valence-electron chi connectivity index (χ0n) is 53.2. The second kappa shape index (κ2) is 30.0. The zero-order valence-corrected chi connectivity index (χ0v) is 53.2. The van der Waals surface area contributed by atoms with Crippen molar-refractivity contribution in [3.05, 3.63) is 42.0 Å². The van der Waals surface area contributed by atoms with Crippen LogP contribution in [0.3, 0.4) is 0 Å². The number of ketones is 1. The number of carbonyl (C=O) groups is 4. The molecule has 0 radical (unpaired) electrons. The topological polar surface area (TPSA) is 326 Å². The molecule has 496 valence electrons. The van der Waals surface area contributed by atoms with E-state index in [4.69, 9.17) is 56.9 Å². The number of halogens is 1. The average Bonchev–Trinajstić information content (AvgIpc) is 2.02. The molecule has 7 rings (SSSR count). The summed E-state index contributed by atoms with van der Waals surface area (Å²) in [5, 5.41) is 70.5. The van der Waals surface area contributed by atoms with Gasteiger partial charge in [0.05, 0.1) is 85.2 Å². The molecule has 5 fully saturated rings. The third kappa shape index (κ3) is 17.0. The van der Waals surface area contributed by atoms with Gasteiger partial charge in [-0.25, -0.2) is 13.9 Å². The summed E-state index contributed by atoms with van der Waals surface area (Å²) in [4.78, 5) is 63.9. The molecule has 0 saturated carbocycles. The quantitative estimate of drug-likeness (QED) is 0.0740. The van der Waals surface area contributed by atoms with Crippen LogP contribution in [0.5, 0.6) is 0 Å². The Bertz CT molecular complexity index is 2680. The molecule has 5 aliphatic rings. The fraction of sp³-hybridized carbons (Fsp3) is 0.787. The number of hydrogen-bond acceptors (Lipinski definition) is 24. The molecule has 24 atom stereocenters. The van der Waals surface area contributed by atoms with Gasteiger partial charge in [0.2, 0.25) is 0 Å². The molecule has 1 aromatic heterocycles. The summed E-state index contributed by atoms with van der Waals surface area (Å²) in [7, 11) is 2.85. The number of benzene rings is 1. The number of Topliss-reactive ketones (excluding diaryl/α,β-unsaturated/α-hetero) is 1. The van der Waals surface area contributed by atoms with E-state index in [1.807, 2.05) is 13.8 Å². The van der Waals surface area contributed by atoms with Gasteiger partial charge in [0.15, 0.2) is 31.3 Å². The van der Waals surface area contributed by atoms with Crippen molar-refractivity contribution in [2.24, 2.45) is 46.6 Å². The monoisotopic (exact) mass is 1250 g/mol. The predicted octanol–water partition coefficient (Wildman–Crippen LogP) is 4.39. The molecular formula is C61H94FN5O21. The first-order valence-corrected chi connectivity index (χ1v) is 30.5. The van der Waals surface area contributed by atoms with Gasteiger partial charge < -0.3 is 82.5 Å². The summed E-state index contributed by atoms with van der Waals surface area (Å²) in [5.41, 5.74) is -3.02. The lowest BCUT2D eigenvalue weighted by molar-refractivity contribution is -0.305. The van der Waals surface area contributed by atoms with E-state index in [2.05, 4.69) is 15.5 Å². The number of aliphatic hydroxyl groups is 5. The number of ether oxygens (including phenoxy) is 11. The first-order valence-electron chi connectivity index (χ1n) is 30.5. The van der Waals surface area contributed by atoms with Crippen LogP contribution in [-0.4, -0.2) is 207 Å². The van der Waals surface area contributed by atoms with Crippen molar-refractivity contribution in [2.75, 3.05) is 32.3 Å². The number of aliphatic hydroxyl groups excluding tert-OH is 3. The molecule has 1 aromatic carbocycles. The van der Waals surface area contributed by atoms with Crippen molar-refractivity contribution in [3.8, 4) is 0 Å². The van der Waals surface area contributed by atoms with Crippen molar-refractivity contribution >= 4 is 35.2 Å². The summed E-state index contributed by atoms with van der Waals surface area (Å²) >= 11 is 0. The maximum Gasteiger partial charge on any atom is 0.414 e. The molecule has 88 heavy (non-hydrogen) atoms. The lowest BCUT2D eigenvalue weighted by Crippen LogP contribution is -2.59. The van der Waals surface area contributed by atoms with E-state index in [1.54, 1.807) is 74.6 Å². The van der Waals surface area contributed by atoms with Crippen LogP contribution in [-0.2, 0) is 84.5 Å². The van der Waals surface area contributed by atoms with Gasteiger partial charge in [-0.15, -0.1) is 5.10 Å². The van der Waals surface area contributed by atoms with E-state index in [1.165, 1.54) is 55.8 Å². The Morgan fingerprint density at radius 3 is 2.20 bits per heavy atom. The highest BCUT2D eigenvalue weighted by molar-refractivity contribution is 5.90. The number of hydrogen-bond donors (Lipinski definition) is 5. The maximum absolute atomic E-state index is 15.3. The van der Waals surface area contributed by atoms with Gasteiger partial charge in [0.25, 0.3) is 0 Å². The molecule has 5 aliphatic heterocycles. The third-order valence-corrected chi connectivity index (χ3v) is 17.6. The second-order valence-corrected chi connectivity index (χ2v) is 25.8. The minimum atomic E-state index is -2.15. The number of carbonyl (C=O) groups excluding carboxylic acids is 4. The Hall–Kier alpha value is -4.88. The summed E-state index contributed by atoms with van der Waals surface area (Å²) < 4.78 is 83.6. The molecule has 0 spiro atoms. The molecule has 6 heterocycles. The molecular weight excluding hydrogens is 1160 g/mol. The van der Waals surface area contributed by atoms with Crippen LogP contribution in [0.25, 0.3) is 0 Å². The molecule has 0 unspecified atom stereocenters. The number of methoxy groups -OCH3 is 2. The highest BCUT2D eigenvalue weighted by atomic mass is 19.1. The van der Waals surface area contributed by atoms with Gasteiger partial charge in [-0.1, -0.05) is 64.9 Å². The average molecular weight is 1250 g/mol. The highest BCUT2D eigenvalue weighted by Crippen LogP contribution is 2.41. The Morgan fingerprint density at radius 1 is 0.841 bits per heavy atom. The van der Waals surface area contributed by atoms with E-state index >= 15 is 9.59 Å². The van der Waals surface area contributed by atoms with E-state index < -0.39 is 175 Å². The molecule has 0 bridgehead atoms. The summed E-state index contributed by atoms with van der Waals surface area (Å²) in [6.45, 7) is 21.4. The van der Waals surface area contributed by atoms with E-state index in [0.717, 1.165) is 0 Å². The van der Waals surface area contributed by atoms with Gasteiger partial charge in [0, 0.05) is 51.2 Å². The number of esters is 2. The van der Waals surface area contributed by atoms with Crippen molar-refractivity contribution in [1.29, 1.82) is 0 Å². The van der Waals surface area contributed by atoms with Crippen LogP contribution in [0.1, 0.15) is 121 Å². The molecule has 5 saturated heterocycles. The zero-order chi connectivity index (χ0) is 64.9. The van der Waals surface area contributed by atoms with Crippen LogP contribution in [0, 0.1) is 47.2 Å². The summed E-state index contributed by atoms with van der Waals surface area (Å²) in [5.74, 6) is -8.65.